The van der Waals surface area contributed by atoms with E-state index in [-0.39, 0.29) is 29.6 Å². The zero-order chi connectivity index (χ0) is 10.7. The van der Waals surface area contributed by atoms with Gasteiger partial charge < -0.3 is 9.29 Å². The van der Waals surface area contributed by atoms with Crippen LogP contribution in [-0.2, 0) is 11.1 Å². The van der Waals surface area contributed by atoms with Crippen LogP contribution >= 0.6 is 0 Å². The summed E-state index contributed by atoms with van der Waals surface area (Å²) in [6.07, 6.45) is 4.99. The number of hydrogen-bond acceptors (Lipinski definition) is 3. The fourth-order valence-corrected chi connectivity index (χ4v) is 2.19. The topological polar surface area (TPSA) is 49.4 Å². The van der Waals surface area contributed by atoms with Crippen molar-refractivity contribution in [2.45, 2.75) is 36.7 Å². The summed E-state index contributed by atoms with van der Waals surface area (Å²) in [7, 11) is 0. The monoisotopic (exact) mass is 248 g/mol. The van der Waals surface area contributed by atoms with Gasteiger partial charge in [-0.2, -0.15) is 0 Å². The number of benzene rings is 1. The van der Waals surface area contributed by atoms with Gasteiger partial charge in [-0.3, -0.25) is 4.21 Å². The van der Waals surface area contributed by atoms with Crippen LogP contribution in [0.5, 0.6) is 5.75 Å². The molecule has 2 rings (SSSR count). The Morgan fingerprint density at radius 1 is 1.19 bits per heavy atom. The molecule has 82 valence electrons. The standard InChI is InChI=1S/C11H14O3S.Na/c12-15(13)11-7-5-10(6-8-11)14-9-3-1-2-4-9;/h5-9H,1-4H2,(H,12,13);/q;+1/p-1. The molecule has 0 N–H and O–H groups in total. The number of rotatable bonds is 3. The quantitative estimate of drug-likeness (QED) is 0.522. The van der Waals surface area contributed by atoms with E-state index in [1.165, 1.54) is 12.8 Å². The first kappa shape index (κ1) is 14.2. The maximum atomic E-state index is 10.6. The Kier molecular flexibility index (Phi) is 6.00. The van der Waals surface area contributed by atoms with E-state index < -0.39 is 11.1 Å². The molecule has 3 nitrogen and oxygen atoms in total. The fourth-order valence-electron chi connectivity index (χ4n) is 1.83. The zero-order valence-corrected chi connectivity index (χ0v) is 12.2. The summed E-state index contributed by atoms with van der Waals surface area (Å²) in [5.74, 6) is 0.760. The minimum Gasteiger partial charge on any atom is -0.768 e. The molecular weight excluding hydrogens is 235 g/mol. The van der Waals surface area contributed by atoms with Gasteiger partial charge in [-0.1, -0.05) is 0 Å². The molecule has 16 heavy (non-hydrogen) atoms. The van der Waals surface area contributed by atoms with Crippen LogP contribution in [0.4, 0.5) is 0 Å². The number of ether oxygens (including phenoxy) is 1. The van der Waals surface area contributed by atoms with E-state index in [0.29, 0.717) is 11.0 Å². The van der Waals surface area contributed by atoms with E-state index in [1.807, 2.05) is 0 Å². The molecule has 1 aromatic rings. The van der Waals surface area contributed by atoms with Crippen LogP contribution in [0.3, 0.4) is 0 Å². The maximum absolute atomic E-state index is 10.6. The zero-order valence-electron chi connectivity index (χ0n) is 9.35. The summed E-state index contributed by atoms with van der Waals surface area (Å²) >= 11 is -2.15. The van der Waals surface area contributed by atoms with Gasteiger partial charge in [0.05, 0.1) is 6.10 Å². The van der Waals surface area contributed by atoms with Crippen LogP contribution in [0.15, 0.2) is 29.2 Å². The first-order valence-corrected chi connectivity index (χ1v) is 6.19. The molecule has 0 saturated heterocycles. The molecule has 1 unspecified atom stereocenters. The Balaban J connectivity index is 0.00000128. The Labute approximate surface area is 120 Å². The second kappa shape index (κ2) is 6.77. The Hall–Kier alpha value is 0.130. The summed E-state index contributed by atoms with van der Waals surface area (Å²) in [4.78, 5) is 0.300. The minimum atomic E-state index is -2.15. The average Bonchev–Trinajstić information content (AvgIpc) is 2.71. The third-order valence-electron chi connectivity index (χ3n) is 2.62. The molecule has 1 fully saturated rings. The van der Waals surface area contributed by atoms with E-state index in [1.54, 1.807) is 24.3 Å². The molecule has 1 aliphatic rings. The SMILES string of the molecule is O=S([O-])c1ccc(OC2CCCC2)cc1.[Na+]. The fraction of sp³-hybridized carbons (Fsp3) is 0.455. The second-order valence-corrected chi connectivity index (χ2v) is 4.67. The average molecular weight is 248 g/mol. The van der Waals surface area contributed by atoms with Crippen molar-refractivity contribution in [3.8, 4) is 5.75 Å². The summed E-state index contributed by atoms with van der Waals surface area (Å²) in [6.45, 7) is 0. The first-order chi connectivity index (χ1) is 7.25. The molecular formula is C11H13NaO3S. The van der Waals surface area contributed by atoms with Crippen molar-refractivity contribution in [3.63, 3.8) is 0 Å². The smallest absolute Gasteiger partial charge is 0.768 e. The molecule has 0 aromatic heterocycles. The Morgan fingerprint density at radius 2 is 1.75 bits per heavy atom. The van der Waals surface area contributed by atoms with Crippen LogP contribution in [0.1, 0.15) is 25.7 Å². The van der Waals surface area contributed by atoms with Crippen molar-refractivity contribution >= 4 is 11.1 Å². The summed E-state index contributed by atoms with van der Waals surface area (Å²) in [5, 5.41) is 0. The molecule has 0 aliphatic heterocycles. The van der Waals surface area contributed by atoms with Gasteiger partial charge in [-0.25, -0.2) is 0 Å². The van der Waals surface area contributed by atoms with E-state index in [2.05, 4.69) is 0 Å². The van der Waals surface area contributed by atoms with Crippen molar-refractivity contribution in [1.29, 1.82) is 0 Å². The van der Waals surface area contributed by atoms with Gasteiger partial charge in [-0.15, -0.1) is 0 Å². The third-order valence-corrected chi connectivity index (χ3v) is 3.28. The third kappa shape index (κ3) is 3.86. The molecule has 1 aliphatic carbocycles. The Bertz CT molecular complexity index is 347. The summed E-state index contributed by atoms with van der Waals surface area (Å²) in [6, 6.07) is 6.55. The van der Waals surface area contributed by atoms with Crippen molar-refractivity contribution in [2.24, 2.45) is 0 Å². The predicted molar refractivity (Wildman–Crippen MR) is 56.5 cm³/mol. The van der Waals surface area contributed by atoms with Gasteiger partial charge in [0.25, 0.3) is 0 Å². The second-order valence-electron chi connectivity index (χ2n) is 3.73. The van der Waals surface area contributed by atoms with Crippen LogP contribution in [0.25, 0.3) is 0 Å². The van der Waals surface area contributed by atoms with Gasteiger partial charge >= 0.3 is 29.6 Å². The minimum absolute atomic E-state index is 0. The molecule has 0 spiro atoms. The molecule has 0 bridgehead atoms. The summed E-state index contributed by atoms with van der Waals surface area (Å²) in [5.41, 5.74) is 0. The van der Waals surface area contributed by atoms with Gasteiger partial charge in [0.2, 0.25) is 0 Å². The van der Waals surface area contributed by atoms with E-state index in [0.717, 1.165) is 18.6 Å². The Morgan fingerprint density at radius 3 is 2.25 bits per heavy atom. The molecule has 5 heteroatoms. The van der Waals surface area contributed by atoms with Gasteiger partial charge in [0.15, 0.2) is 0 Å². The van der Waals surface area contributed by atoms with E-state index in [9.17, 15) is 8.76 Å². The van der Waals surface area contributed by atoms with E-state index in [4.69, 9.17) is 4.74 Å². The first-order valence-electron chi connectivity index (χ1n) is 5.12. The van der Waals surface area contributed by atoms with Crippen molar-refractivity contribution in [1.82, 2.24) is 0 Å². The van der Waals surface area contributed by atoms with Gasteiger partial charge in [0.1, 0.15) is 5.75 Å². The molecule has 0 heterocycles. The molecule has 0 radical (unpaired) electrons. The molecule has 1 aromatic carbocycles. The van der Waals surface area contributed by atoms with Crippen molar-refractivity contribution < 1.29 is 43.1 Å². The van der Waals surface area contributed by atoms with Crippen LogP contribution in [-0.4, -0.2) is 14.9 Å². The van der Waals surface area contributed by atoms with Gasteiger partial charge in [-0.05, 0) is 61.0 Å². The normalized spacial score (nSPS) is 17.8. The number of hydrogen-bond donors (Lipinski definition) is 0. The van der Waals surface area contributed by atoms with Crippen LogP contribution in [0, 0.1) is 0 Å². The molecule has 0 amide bonds. The predicted octanol–water partition coefficient (Wildman–Crippen LogP) is -0.750. The summed E-state index contributed by atoms with van der Waals surface area (Å²) < 4.78 is 26.9. The van der Waals surface area contributed by atoms with Crippen molar-refractivity contribution in [3.05, 3.63) is 24.3 Å². The van der Waals surface area contributed by atoms with E-state index >= 15 is 0 Å². The molecule has 1 saturated carbocycles. The largest absolute Gasteiger partial charge is 1.00 e. The van der Waals surface area contributed by atoms with Crippen LogP contribution in [0.2, 0.25) is 0 Å². The van der Waals surface area contributed by atoms with Gasteiger partial charge in [0, 0.05) is 4.90 Å². The van der Waals surface area contributed by atoms with Crippen LogP contribution < -0.4 is 34.3 Å². The molecule has 1 atom stereocenters. The maximum Gasteiger partial charge on any atom is 1.00 e. The van der Waals surface area contributed by atoms with Crippen molar-refractivity contribution in [2.75, 3.05) is 0 Å².